The van der Waals surface area contributed by atoms with E-state index in [-0.39, 0.29) is 28.3 Å². The third kappa shape index (κ3) is 2.67. The number of ether oxygens (including phenoxy) is 3. The summed E-state index contributed by atoms with van der Waals surface area (Å²) in [4.78, 5) is 19.1. The number of aromatic hydroxyl groups is 1. The second-order valence-electron chi connectivity index (χ2n) is 9.99. The van der Waals surface area contributed by atoms with Crippen LogP contribution in [0.5, 0.6) is 23.0 Å². The van der Waals surface area contributed by atoms with E-state index in [4.69, 9.17) is 19.2 Å². The zero-order valence-electron chi connectivity index (χ0n) is 21.0. The van der Waals surface area contributed by atoms with Crippen molar-refractivity contribution in [2.24, 2.45) is 0 Å². The van der Waals surface area contributed by atoms with Gasteiger partial charge in [-0.15, -0.1) is 0 Å². The van der Waals surface area contributed by atoms with Crippen molar-refractivity contribution in [1.82, 2.24) is 9.55 Å². The largest absolute Gasteiger partial charge is 0.507 e. The molecule has 3 heterocycles. The summed E-state index contributed by atoms with van der Waals surface area (Å²) in [7, 11) is 3.08. The molecule has 1 aliphatic carbocycles. The smallest absolute Gasteiger partial charge is 0.257 e. The molecule has 8 nitrogen and oxygen atoms in total. The van der Waals surface area contributed by atoms with Gasteiger partial charge in [0, 0.05) is 30.7 Å². The van der Waals surface area contributed by atoms with E-state index in [0.29, 0.717) is 41.4 Å². The molecule has 8 heteroatoms. The molecule has 0 radical (unpaired) electrons. The minimum Gasteiger partial charge on any atom is -0.507 e. The van der Waals surface area contributed by atoms with Crippen LogP contribution in [-0.2, 0) is 24.2 Å². The van der Waals surface area contributed by atoms with Gasteiger partial charge in [0.15, 0.2) is 11.2 Å². The van der Waals surface area contributed by atoms with Crippen molar-refractivity contribution in [3.8, 4) is 23.0 Å². The lowest BCUT2D eigenvalue weighted by molar-refractivity contribution is -0.0910. The highest BCUT2D eigenvalue weighted by Crippen LogP contribution is 2.69. The molecular weight excluding hydrogens is 484 g/mol. The van der Waals surface area contributed by atoms with Crippen LogP contribution in [0.25, 0.3) is 0 Å². The Morgan fingerprint density at radius 3 is 2.47 bits per heavy atom. The number of phenols is 1. The Morgan fingerprint density at radius 2 is 1.76 bits per heavy atom. The van der Waals surface area contributed by atoms with Crippen LogP contribution in [0, 0.1) is 0 Å². The van der Waals surface area contributed by atoms with Crippen molar-refractivity contribution in [3.63, 3.8) is 0 Å². The summed E-state index contributed by atoms with van der Waals surface area (Å²) in [5.74, 6) is 0.994. The number of phenolic OH excluding ortho intramolecular Hbond substituents is 1. The van der Waals surface area contributed by atoms with E-state index in [9.17, 15) is 15.0 Å². The van der Waals surface area contributed by atoms with Crippen molar-refractivity contribution in [2.45, 2.75) is 36.5 Å². The fourth-order valence-electron chi connectivity index (χ4n) is 6.62. The minimum absolute atomic E-state index is 0.170. The van der Waals surface area contributed by atoms with Gasteiger partial charge in [-0.3, -0.25) is 9.36 Å². The average Bonchev–Trinajstić information content (AvgIpc) is 3.58. The van der Waals surface area contributed by atoms with Crippen molar-refractivity contribution in [1.29, 1.82) is 0 Å². The Kier molecular flexibility index (Phi) is 4.72. The summed E-state index contributed by atoms with van der Waals surface area (Å²) < 4.78 is 19.3. The lowest BCUT2D eigenvalue weighted by Gasteiger charge is -2.40. The van der Waals surface area contributed by atoms with E-state index in [2.05, 4.69) is 0 Å². The predicted octanol–water partition coefficient (Wildman–Crippen LogP) is 3.58. The van der Waals surface area contributed by atoms with Crippen LogP contribution in [0.2, 0.25) is 0 Å². The van der Waals surface area contributed by atoms with Gasteiger partial charge < -0.3 is 24.4 Å². The summed E-state index contributed by atoms with van der Waals surface area (Å²) in [5.41, 5.74) is -1.53. The normalized spacial score (nSPS) is 24.2. The molecule has 192 valence electrons. The van der Waals surface area contributed by atoms with Crippen molar-refractivity contribution < 1.29 is 24.4 Å². The van der Waals surface area contributed by atoms with Crippen molar-refractivity contribution in [2.75, 3.05) is 14.2 Å². The lowest BCUT2D eigenvalue weighted by Crippen LogP contribution is -2.49. The van der Waals surface area contributed by atoms with Crippen LogP contribution in [-0.4, -0.2) is 34.0 Å². The molecule has 4 aromatic rings. The van der Waals surface area contributed by atoms with Crippen LogP contribution in [0.1, 0.15) is 46.1 Å². The Hall–Kier alpha value is -4.30. The number of hydrogen-bond donors (Lipinski definition) is 2. The molecule has 3 atom stereocenters. The first-order chi connectivity index (χ1) is 18.4. The van der Waals surface area contributed by atoms with Crippen LogP contribution in [0.3, 0.4) is 0 Å². The number of methoxy groups -OCH3 is 2. The molecule has 2 N–H and O–H groups in total. The Labute approximate surface area is 218 Å². The highest BCUT2D eigenvalue weighted by molar-refractivity contribution is 5.68. The molecule has 0 fully saturated rings. The lowest BCUT2D eigenvalue weighted by atomic mass is 9.70. The van der Waals surface area contributed by atoms with Gasteiger partial charge in [0.1, 0.15) is 28.8 Å². The molecule has 3 aliphatic rings. The van der Waals surface area contributed by atoms with E-state index >= 15 is 0 Å². The van der Waals surface area contributed by atoms with Gasteiger partial charge >= 0.3 is 0 Å². The maximum absolute atomic E-state index is 14.1. The van der Waals surface area contributed by atoms with Crippen LogP contribution < -0.4 is 19.8 Å². The molecule has 0 spiro atoms. The minimum atomic E-state index is -1.97. The Bertz CT molecular complexity index is 1650. The van der Waals surface area contributed by atoms with Gasteiger partial charge in [-0.2, -0.15) is 0 Å². The van der Waals surface area contributed by atoms with Gasteiger partial charge in [-0.05, 0) is 24.1 Å². The molecule has 0 saturated carbocycles. The molecular formula is C30H26N2O6. The SMILES string of the molecule is COc1ccc([C@@]23Oc4cc(OC)cc(O)c4[C@]2(O)c2nc4n(c(=O)c2[C@H]3c2ccccc2)CCC4)cc1. The molecule has 7 rings (SSSR count). The number of hydrogen-bond acceptors (Lipinski definition) is 7. The molecule has 2 aliphatic heterocycles. The molecule has 0 bridgehead atoms. The zero-order chi connectivity index (χ0) is 26.2. The van der Waals surface area contributed by atoms with E-state index in [0.717, 1.165) is 12.0 Å². The molecule has 0 amide bonds. The van der Waals surface area contributed by atoms with E-state index in [1.807, 2.05) is 42.5 Å². The maximum atomic E-state index is 14.1. The van der Waals surface area contributed by atoms with Gasteiger partial charge in [0.05, 0.1) is 37.0 Å². The average molecular weight is 511 g/mol. The van der Waals surface area contributed by atoms with Crippen LogP contribution >= 0.6 is 0 Å². The van der Waals surface area contributed by atoms with Crippen molar-refractivity contribution in [3.05, 3.63) is 111 Å². The van der Waals surface area contributed by atoms with Gasteiger partial charge in [0.2, 0.25) is 0 Å². The third-order valence-electron chi connectivity index (χ3n) is 8.22. The summed E-state index contributed by atoms with van der Waals surface area (Å²) in [6.45, 7) is 0.573. The number of aromatic nitrogens is 2. The maximum Gasteiger partial charge on any atom is 0.257 e. The fraction of sp³-hybridized carbons (Fsp3) is 0.267. The van der Waals surface area contributed by atoms with E-state index in [1.54, 1.807) is 29.9 Å². The number of nitrogens with zero attached hydrogens (tertiary/aromatic N) is 2. The highest BCUT2D eigenvalue weighted by Gasteiger charge is 2.74. The van der Waals surface area contributed by atoms with E-state index in [1.165, 1.54) is 13.2 Å². The van der Waals surface area contributed by atoms with Crippen LogP contribution in [0.15, 0.2) is 71.5 Å². The topological polar surface area (TPSA) is 103 Å². The third-order valence-corrected chi connectivity index (χ3v) is 8.22. The number of aliphatic hydroxyl groups is 1. The molecule has 0 saturated heterocycles. The second kappa shape index (κ2) is 7.85. The number of fused-ring (bicyclic) bond motifs is 6. The van der Waals surface area contributed by atoms with Gasteiger partial charge in [0.25, 0.3) is 5.56 Å². The summed E-state index contributed by atoms with van der Waals surface area (Å²) in [5, 5.41) is 24.3. The Balaban J connectivity index is 1.64. The summed E-state index contributed by atoms with van der Waals surface area (Å²) in [6.07, 6.45) is 1.44. The quantitative estimate of drug-likeness (QED) is 0.433. The molecule has 0 unspecified atom stereocenters. The zero-order valence-corrected chi connectivity index (χ0v) is 21.0. The van der Waals surface area contributed by atoms with Gasteiger partial charge in [-0.25, -0.2) is 4.98 Å². The molecule has 3 aromatic carbocycles. The van der Waals surface area contributed by atoms with Gasteiger partial charge in [-0.1, -0.05) is 42.5 Å². The first kappa shape index (κ1) is 22.9. The highest BCUT2D eigenvalue weighted by atomic mass is 16.5. The van der Waals surface area contributed by atoms with Crippen LogP contribution in [0.4, 0.5) is 0 Å². The number of rotatable bonds is 4. The fourth-order valence-corrected chi connectivity index (χ4v) is 6.62. The molecule has 1 aromatic heterocycles. The first-order valence-electron chi connectivity index (χ1n) is 12.6. The first-order valence-corrected chi connectivity index (χ1v) is 12.6. The number of aryl methyl sites for hydroxylation is 1. The predicted molar refractivity (Wildman–Crippen MR) is 138 cm³/mol. The number of benzene rings is 3. The standard InChI is InChI=1S/C30H26N2O6/c1-36-19-12-10-18(11-13-19)30-25(17-7-4-3-5-8-17)24-27(31-23-9-6-14-32(23)28(24)34)29(30,35)26-21(33)15-20(37-2)16-22(26)38-30/h3-5,7-8,10-13,15-16,25,33,35H,6,9,14H2,1-2H3/t25-,29+,30+/m1/s1. The Morgan fingerprint density at radius 1 is 1.03 bits per heavy atom. The van der Waals surface area contributed by atoms with E-state index < -0.39 is 17.1 Å². The monoisotopic (exact) mass is 510 g/mol. The summed E-state index contributed by atoms with van der Waals surface area (Å²) >= 11 is 0. The van der Waals surface area contributed by atoms with Crippen molar-refractivity contribution >= 4 is 0 Å². The molecule has 38 heavy (non-hydrogen) atoms. The summed E-state index contributed by atoms with van der Waals surface area (Å²) in [6, 6.07) is 19.9. The second-order valence-corrected chi connectivity index (χ2v) is 9.99.